The second-order valence-corrected chi connectivity index (χ2v) is 8.73. The van der Waals surface area contributed by atoms with Gasteiger partial charge in [0.05, 0.1) is 0 Å². The molecule has 0 saturated carbocycles. The summed E-state index contributed by atoms with van der Waals surface area (Å²) in [6, 6.07) is 13.4. The summed E-state index contributed by atoms with van der Waals surface area (Å²) in [5.41, 5.74) is 2.68. The van der Waals surface area contributed by atoms with Crippen molar-refractivity contribution in [1.82, 2.24) is 14.8 Å². The maximum atomic E-state index is 12.3. The van der Waals surface area contributed by atoms with Crippen molar-refractivity contribution in [3.05, 3.63) is 70.2 Å². The molecule has 1 heterocycles. The minimum Gasteiger partial charge on any atom is -0.326 e. The number of hydrogen-bond donors (Lipinski definition) is 1. The van der Waals surface area contributed by atoms with Crippen molar-refractivity contribution in [2.45, 2.75) is 25.0 Å². The lowest BCUT2D eigenvalue weighted by Crippen LogP contribution is -2.13. The molecule has 0 unspecified atom stereocenters. The minimum absolute atomic E-state index is 0.0641. The van der Waals surface area contributed by atoms with Gasteiger partial charge in [0, 0.05) is 39.5 Å². The number of allylic oxidation sites excluding steroid dienone is 1. The summed E-state index contributed by atoms with van der Waals surface area (Å²) >= 11 is 11.0. The van der Waals surface area contributed by atoms with Gasteiger partial charge >= 0.3 is 0 Å². The van der Waals surface area contributed by atoms with Gasteiger partial charge in [0.2, 0.25) is 5.91 Å². The lowest BCUT2D eigenvalue weighted by atomic mass is 10.2. The van der Waals surface area contributed by atoms with E-state index in [1.165, 1.54) is 11.8 Å². The Hall–Kier alpha value is -2.09. The number of hydrogen-bond acceptors (Lipinski definition) is 4. The van der Waals surface area contributed by atoms with Gasteiger partial charge in [-0.1, -0.05) is 63.6 Å². The van der Waals surface area contributed by atoms with Gasteiger partial charge in [-0.05, 0) is 36.8 Å². The molecule has 1 N–H and O–H groups in total. The van der Waals surface area contributed by atoms with Gasteiger partial charge in [-0.25, -0.2) is 0 Å². The van der Waals surface area contributed by atoms with Crippen molar-refractivity contribution < 1.29 is 4.79 Å². The van der Waals surface area contributed by atoms with Crippen LogP contribution >= 0.6 is 39.3 Å². The van der Waals surface area contributed by atoms with Crippen molar-refractivity contribution in [1.29, 1.82) is 0 Å². The number of aryl methyl sites for hydroxylation is 1. The molecule has 3 rings (SSSR count). The van der Waals surface area contributed by atoms with Crippen LogP contribution in [0.15, 0.2) is 64.7 Å². The molecule has 0 spiro atoms. The summed E-state index contributed by atoms with van der Waals surface area (Å²) in [6.45, 7) is 6.35. The van der Waals surface area contributed by atoms with Crippen LogP contribution in [-0.4, -0.2) is 26.4 Å². The fourth-order valence-electron chi connectivity index (χ4n) is 2.68. The molecule has 2 aromatic carbocycles. The summed E-state index contributed by atoms with van der Waals surface area (Å²) in [5, 5.41) is 12.9. The Morgan fingerprint density at radius 3 is 2.76 bits per heavy atom. The lowest BCUT2D eigenvalue weighted by Gasteiger charge is -2.09. The number of halogens is 2. The second kappa shape index (κ2) is 10.1. The quantitative estimate of drug-likeness (QED) is 0.311. The monoisotopic (exact) mass is 490 g/mol. The molecular formula is C21H20BrClN4OS. The molecule has 0 aliphatic carbocycles. The average molecular weight is 492 g/mol. The molecule has 150 valence electrons. The molecule has 1 aromatic heterocycles. The third-order valence-electron chi connectivity index (χ3n) is 4.16. The van der Waals surface area contributed by atoms with E-state index in [2.05, 4.69) is 38.0 Å². The van der Waals surface area contributed by atoms with Gasteiger partial charge in [0.25, 0.3) is 0 Å². The number of rotatable bonds is 8. The van der Waals surface area contributed by atoms with Crippen LogP contribution in [0.2, 0.25) is 5.02 Å². The highest BCUT2D eigenvalue weighted by Crippen LogP contribution is 2.26. The summed E-state index contributed by atoms with van der Waals surface area (Å²) in [6.07, 6.45) is 2.16. The molecule has 5 nitrogen and oxygen atoms in total. The van der Waals surface area contributed by atoms with Crippen molar-refractivity contribution >= 4 is 50.9 Å². The number of carbonyl (C=O) groups excluding carboxylic acids is 1. The van der Waals surface area contributed by atoms with Gasteiger partial charge in [0.1, 0.15) is 0 Å². The van der Waals surface area contributed by atoms with Crippen molar-refractivity contribution in [3.63, 3.8) is 0 Å². The van der Waals surface area contributed by atoms with E-state index < -0.39 is 0 Å². The summed E-state index contributed by atoms with van der Waals surface area (Å²) < 4.78 is 3.01. The topological polar surface area (TPSA) is 59.8 Å². The largest absolute Gasteiger partial charge is 0.326 e. The zero-order valence-corrected chi connectivity index (χ0v) is 19.0. The van der Waals surface area contributed by atoms with Crippen LogP contribution in [0.1, 0.15) is 12.0 Å². The van der Waals surface area contributed by atoms with Gasteiger partial charge in [-0.3, -0.25) is 9.36 Å². The van der Waals surface area contributed by atoms with Gasteiger partial charge in [-0.15, -0.1) is 16.8 Å². The van der Waals surface area contributed by atoms with E-state index in [0.29, 0.717) is 23.7 Å². The Bertz CT molecular complexity index is 1020. The van der Waals surface area contributed by atoms with Crippen LogP contribution in [0.25, 0.3) is 11.4 Å². The third kappa shape index (κ3) is 5.72. The molecular weight excluding hydrogens is 472 g/mol. The van der Waals surface area contributed by atoms with Crippen LogP contribution in [-0.2, 0) is 11.3 Å². The number of nitrogens with one attached hydrogen (secondary N) is 1. The average Bonchev–Trinajstić information content (AvgIpc) is 3.08. The smallest absolute Gasteiger partial charge is 0.225 e. The number of anilines is 1. The number of aromatic nitrogens is 3. The second-order valence-electron chi connectivity index (χ2n) is 6.32. The first kappa shape index (κ1) is 21.6. The van der Waals surface area contributed by atoms with E-state index in [0.717, 1.165) is 32.3 Å². The number of carbonyl (C=O) groups is 1. The van der Waals surface area contributed by atoms with E-state index >= 15 is 0 Å². The molecule has 8 heteroatoms. The fraction of sp³-hybridized carbons (Fsp3) is 0.190. The van der Waals surface area contributed by atoms with E-state index in [1.54, 1.807) is 12.1 Å². The first-order chi connectivity index (χ1) is 14.0. The molecule has 0 radical (unpaired) electrons. The predicted octanol–water partition coefficient (Wildman–Crippen LogP) is 5.98. The molecule has 0 aliphatic heterocycles. The molecule has 0 bridgehead atoms. The Morgan fingerprint density at radius 1 is 1.28 bits per heavy atom. The Kier molecular flexibility index (Phi) is 7.52. The van der Waals surface area contributed by atoms with Gasteiger partial charge in [0.15, 0.2) is 11.0 Å². The van der Waals surface area contributed by atoms with Crippen LogP contribution in [0.5, 0.6) is 0 Å². The van der Waals surface area contributed by atoms with Crippen LogP contribution < -0.4 is 5.32 Å². The van der Waals surface area contributed by atoms with Crippen molar-refractivity contribution in [2.75, 3.05) is 11.1 Å². The fourth-order valence-corrected chi connectivity index (χ4v) is 4.00. The van der Waals surface area contributed by atoms with Crippen molar-refractivity contribution in [3.8, 4) is 11.4 Å². The molecule has 0 atom stereocenters. The SMILES string of the molecule is C=CCn1c(SCCC(=O)Nc2cc(Cl)ccc2C)nnc1-c1ccc(Br)cc1. The molecule has 0 aliphatic rings. The number of thioether (sulfide) groups is 1. The molecule has 29 heavy (non-hydrogen) atoms. The highest BCUT2D eigenvalue weighted by atomic mass is 79.9. The van der Waals surface area contributed by atoms with E-state index in [9.17, 15) is 4.79 Å². The Labute approximate surface area is 187 Å². The minimum atomic E-state index is -0.0641. The lowest BCUT2D eigenvalue weighted by molar-refractivity contribution is -0.115. The molecule has 0 saturated heterocycles. The summed E-state index contributed by atoms with van der Waals surface area (Å²) in [5.74, 6) is 1.30. The van der Waals surface area contributed by atoms with Crippen LogP contribution in [0, 0.1) is 6.92 Å². The zero-order chi connectivity index (χ0) is 20.8. The Balaban J connectivity index is 1.64. The van der Waals surface area contributed by atoms with Gasteiger partial charge < -0.3 is 5.32 Å². The number of nitrogens with zero attached hydrogens (tertiary/aromatic N) is 3. The van der Waals surface area contributed by atoms with Crippen LogP contribution in [0.3, 0.4) is 0 Å². The molecule has 3 aromatic rings. The molecule has 0 fully saturated rings. The van der Waals surface area contributed by atoms with Gasteiger partial charge in [-0.2, -0.15) is 0 Å². The van der Waals surface area contributed by atoms with E-state index in [4.69, 9.17) is 11.6 Å². The predicted molar refractivity (Wildman–Crippen MR) is 124 cm³/mol. The van der Waals surface area contributed by atoms with E-state index in [1.807, 2.05) is 47.9 Å². The maximum absolute atomic E-state index is 12.3. The standard InChI is InChI=1S/C21H20BrClN4OS/c1-3-11-27-20(15-5-7-16(22)8-6-15)25-26-21(27)29-12-10-19(28)24-18-13-17(23)9-4-14(18)2/h3-9,13H,1,10-12H2,2H3,(H,24,28). The Morgan fingerprint density at radius 2 is 2.03 bits per heavy atom. The van der Waals surface area contributed by atoms with Crippen LogP contribution in [0.4, 0.5) is 5.69 Å². The first-order valence-corrected chi connectivity index (χ1v) is 11.1. The maximum Gasteiger partial charge on any atom is 0.225 e. The van der Waals surface area contributed by atoms with E-state index in [-0.39, 0.29) is 5.91 Å². The third-order valence-corrected chi connectivity index (χ3v) is 5.90. The van der Waals surface area contributed by atoms with Crippen molar-refractivity contribution in [2.24, 2.45) is 0 Å². The normalized spacial score (nSPS) is 10.7. The zero-order valence-electron chi connectivity index (χ0n) is 15.9. The highest BCUT2D eigenvalue weighted by Gasteiger charge is 2.14. The number of benzene rings is 2. The first-order valence-electron chi connectivity index (χ1n) is 8.96. The summed E-state index contributed by atoms with van der Waals surface area (Å²) in [4.78, 5) is 12.3. The number of amides is 1. The summed E-state index contributed by atoms with van der Waals surface area (Å²) in [7, 11) is 0. The highest BCUT2D eigenvalue weighted by molar-refractivity contribution is 9.10. The molecule has 1 amide bonds.